The first kappa shape index (κ1) is 12.6. The third-order valence-electron chi connectivity index (χ3n) is 4.26. The SMILES string of the molecule is Cc1cc(C(=O)N2CC3CNCC3C2C)sc1Br. The van der Waals surface area contributed by atoms with Crippen molar-refractivity contribution in [3.63, 3.8) is 0 Å². The molecule has 2 aliphatic heterocycles. The molecular formula is C13H17BrN2OS. The number of rotatable bonds is 1. The summed E-state index contributed by atoms with van der Waals surface area (Å²) >= 11 is 5.04. The number of nitrogens with zero attached hydrogens (tertiary/aromatic N) is 1. The second kappa shape index (κ2) is 4.62. The molecule has 1 N–H and O–H groups in total. The monoisotopic (exact) mass is 328 g/mol. The topological polar surface area (TPSA) is 32.3 Å². The molecule has 98 valence electrons. The fraction of sp³-hybridized carbons (Fsp3) is 0.615. The summed E-state index contributed by atoms with van der Waals surface area (Å²) in [7, 11) is 0. The number of hydrogen-bond donors (Lipinski definition) is 1. The maximum Gasteiger partial charge on any atom is 0.264 e. The Morgan fingerprint density at radius 3 is 2.94 bits per heavy atom. The quantitative estimate of drug-likeness (QED) is 0.859. The molecule has 0 bridgehead atoms. The van der Waals surface area contributed by atoms with Gasteiger partial charge in [0.05, 0.1) is 8.66 Å². The molecule has 1 amide bonds. The van der Waals surface area contributed by atoms with Crippen LogP contribution in [0.15, 0.2) is 9.85 Å². The van der Waals surface area contributed by atoms with Crippen LogP contribution < -0.4 is 5.32 Å². The molecule has 5 heteroatoms. The molecule has 3 heterocycles. The first-order chi connectivity index (χ1) is 8.58. The number of aryl methyl sites for hydroxylation is 1. The Morgan fingerprint density at radius 2 is 2.33 bits per heavy atom. The smallest absolute Gasteiger partial charge is 0.264 e. The molecule has 3 atom stereocenters. The zero-order valence-electron chi connectivity index (χ0n) is 10.6. The van der Waals surface area contributed by atoms with Crippen molar-refractivity contribution in [1.29, 1.82) is 0 Å². The molecule has 1 aromatic heterocycles. The van der Waals surface area contributed by atoms with Crippen LogP contribution in [0.2, 0.25) is 0 Å². The van der Waals surface area contributed by atoms with Crippen molar-refractivity contribution in [2.75, 3.05) is 19.6 Å². The number of fused-ring (bicyclic) bond motifs is 1. The third kappa shape index (κ3) is 1.92. The van der Waals surface area contributed by atoms with Crippen LogP contribution in [0.4, 0.5) is 0 Å². The summed E-state index contributed by atoms with van der Waals surface area (Å²) in [5, 5.41) is 3.42. The molecule has 3 nitrogen and oxygen atoms in total. The van der Waals surface area contributed by atoms with Gasteiger partial charge in [0.25, 0.3) is 5.91 Å². The van der Waals surface area contributed by atoms with Gasteiger partial charge in [-0.3, -0.25) is 4.79 Å². The number of nitrogens with one attached hydrogen (secondary N) is 1. The highest BCUT2D eigenvalue weighted by atomic mass is 79.9. The Bertz CT molecular complexity index is 468. The van der Waals surface area contributed by atoms with Crippen LogP contribution >= 0.6 is 27.3 Å². The Hall–Kier alpha value is -0.390. The predicted octanol–water partition coefficient (Wildman–Crippen LogP) is 2.50. The van der Waals surface area contributed by atoms with Gasteiger partial charge in [0.15, 0.2) is 0 Å². The minimum Gasteiger partial charge on any atom is -0.335 e. The molecule has 3 rings (SSSR count). The highest BCUT2D eigenvalue weighted by Gasteiger charge is 2.44. The van der Waals surface area contributed by atoms with Crippen LogP contribution in [0, 0.1) is 18.8 Å². The van der Waals surface area contributed by atoms with Crippen molar-refractivity contribution in [2.24, 2.45) is 11.8 Å². The highest BCUT2D eigenvalue weighted by Crippen LogP contribution is 2.35. The normalized spacial score (nSPS) is 30.8. The molecule has 0 spiro atoms. The van der Waals surface area contributed by atoms with Gasteiger partial charge in [-0.15, -0.1) is 11.3 Å². The van der Waals surface area contributed by atoms with Gasteiger partial charge < -0.3 is 10.2 Å². The van der Waals surface area contributed by atoms with Gasteiger partial charge in [0, 0.05) is 25.7 Å². The second-order valence-corrected chi connectivity index (χ2v) is 7.72. The summed E-state index contributed by atoms with van der Waals surface area (Å²) in [6.45, 7) is 7.25. The van der Waals surface area contributed by atoms with Crippen molar-refractivity contribution < 1.29 is 4.79 Å². The largest absolute Gasteiger partial charge is 0.335 e. The fourth-order valence-electron chi connectivity index (χ4n) is 3.14. The van der Waals surface area contributed by atoms with E-state index in [0.29, 0.717) is 17.9 Å². The molecule has 2 aliphatic rings. The number of carbonyl (C=O) groups excluding carboxylic acids is 1. The molecule has 0 radical (unpaired) electrons. The van der Waals surface area contributed by atoms with Crippen LogP contribution in [-0.4, -0.2) is 36.5 Å². The summed E-state index contributed by atoms with van der Waals surface area (Å²) in [6.07, 6.45) is 0. The lowest BCUT2D eigenvalue weighted by Crippen LogP contribution is -2.37. The number of halogens is 1. The highest BCUT2D eigenvalue weighted by molar-refractivity contribution is 9.11. The van der Waals surface area contributed by atoms with Crippen molar-refractivity contribution >= 4 is 33.2 Å². The molecule has 3 unspecified atom stereocenters. The van der Waals surface area contributed by atoms with Crippen LogP contribution in [0.1, 0.15) is 22.2 Å². The Morgan fingerprint density at radius 1 is 1.56 bits per heavy atom. The van der Waals surface area contributed by atoms with Crippen molar-refractivity contribution in [3.05, 3.63) is 20.3 Å². The zero-order valence-corrected chi connectivity index (χ0v) is 13.0. The lowest BCUT2D eigenvalue weighted by Gasteiger charge is -2.23. The fourth-order valence-corrected chi connectivity index (χ4v) is 4.63. The number of amides is 1. The molecule has 2 saturated heterocycles. The number of carbonyl (C=O) groups is 1. The van der Waals surface area contributed by atoms with Crippen LogP contribution in [0.3, 0.4) is 0 Å². The first-order valence-electron chi connectivity index (χ1n) is 6.35. The van der Waals surface area contributed by atoms with Crippen molar-refractivity contribution in [3.8, 4) is 0 Å². The van der Waals surface area contributed by atoms with Crippen LogP contribution in [-0.2, 0) is 0 Å². The lowest BCUT2D eigenvalue weighted by atomic mass is 9.95. The maximum absolute atomic E-state index is 12.5. The van der Waals surface area contributed by atoms with Gasteiger partial charge in [0.2, 0.25) is 0 Å². The number of hydrogen-bond acceptors (Lipinski definition) is 3. The molecule has 2 fully saturated rings. The Balaban J connectivity index is 1.81. The van der Waals surface area contributed by atoms with Gasteiger partial charge in [-0.1, -0.05) is 0 Å². The molecule has 0 aliphatic carbocycles. The van der Waals surface area contributed by atoms with Crippen molar-refractivity contribution in [2.45, 2.75) is 19.9 Å². The van der Waals surface area contributed by atoms with Gasteiger partial charge in [-0.05, 0) is 53.2 Å². The molecule has 18 heavy (non-hydrogen) atoms. The van der Waals surface area contributed by atoms with E-state index in [4.69, 9.17) is 0 Å². The van der Waals surface area contributed by atoms with E-state index in [0.717, 1.165) is 33.9 Å². The second-order valence-electron chi connectivity index (χ2n) is 5.35. The summed E-state index contributed by atoms with van der Waals surface area (Å²) in [4.78, 5) is 15.5. The molecule has 0 saturated carbocycles. The van der Waals surface area contributed by atoms with Gasteiger partial charge in [0.1, 0.15) is 0 Å². The summed E-state index contributed by atoms with van der Waals surface area (Å²) < 4.78 is 1.07. The maximum atomic E-state index is 12.5. The van der Waals surface area contributed by atoms with Gasteiger partial charge in [-0.2, -0.15) is 0 Å². The summed E-state index contributed by atoms with van der Waals surface area (Å²) in [5.74, 6) is 1.49. The minimum absolute atomic E-state index is 0.204. The van der Waals surface area contributed by atoms with Crippen LogP contribution in [0.25, 0.3) is 0 Å². The minimum atomic E-state index is 0.204. The Kier molecular flexibility index (Phi) is 3.24. The third-order valence-corrected chi connectivity index (χ3v) is 6.39. The van der Waals surface area contributed by atoms with E-state index < -0.39 is 0 Å². The summed E-state index contributed by atoms with van der Waals surface area (Å²) in [6, 6.07) is 2.36. The molecule has 0 aromatic carbocycles. The first-order valence-corrected chi connectivity index (χ1v) is 7.96. The van der Waals surface area contributed by atoms with E-state index in [1.54, 1.807) is 11.3 Å². The van der Waals surface area contributed by atoms with Gasteiger partial charge >= 0.3 is 0 Å². The summed E-state index contributed by atoms with van der Waals surface area (Å²) in [5.41, 5.74) is 1.15. The average molecular weight is 329 g/mol. The lowest BCUT2D eigenvalue weighted by molar-refractivity contribution is 0.0733. The van der Waals surface area contributed by atoms with Crippen molar-refractivity contribution in [1.82, 2.24) is 10.2 Å². The van der Waals surface area contributed by atoms with E-state index >= 15 is 0 Å². The van der Waals surface area contributed by atoms with E-state index in [1.807, 2.05) is 13.0 Å². The standard InChI is InChI=1S/C13H17BrN2OS/c1-7-3-11(18-12(7)14)13(17)16-6-9-4-15-5-10(9)8(16)2/h3,8-10,15H,4-6H2,1-2H3. The number of likely N-dealkylation sites (tertiary alicyclic amines) is 1. The Labute approximate surface area is 120 Å². The predicted molar refractivity (Wildman–Crippen MR) is 77.1 cm³/mol. The number of thiophene rings is 1. The van der Waals surface area contributed by atoms with Crippen LogP contribution in [0.5, 0.6) is 0 Å². The van der Waals surface area contributed by atoms with E-state index in [-0.39, 0.29) is 5.91 Å². The van der Waals surface area contributed by atoms with Gasteiger partial charge in [-0.25, -0.2) is 0 Å². The zero-order chi connectivity index (χ0) is 12.9. The molecular weight excluding hydrogens is 312 g/mol. The van der Waals surface area contributed by atoms with E-state index in [9.17, 15) is 4.79 Å². The molecule has 1 aromatic rings. The van der Waals surface area contributed by atoms with E-state index in [2.05, 4.69) is 33.1 Å². The average Bonchev–Trinajstić information content (AvgIpc) is 2.98. The van der Waals surface area contributed by atoms with E-state index in [1.165, 1.54) is 0 Å².